The van der Waals surface area contributed by atoms with Crippen molar-refractivity contribution < 1.29 is 63.9 Å². The van der Waals surface area contributed by atoms with Crippen LogP contribution in [0, 0.1) is 23.7 Å². The van der Waals surface area contributed by atoms with Crippen LogP contribution in [-0.4, -0.2) is 46.7 Å². The van der Waals surface area contributed by atoms with E-state index in [1.807, 2.05) is 0 Å². The standard InChI is InChI=1S/C70H54O14S3/c1-69(2,71)45-43-49-15-19-51(20-16-49)79-53-23-33-62(34-24-53)85(73,74)64-37-27-55(28-38-64)81-58-9-7-10-59(47-58)82-57-31-41-66(42-32-57)87(77,78)68-14-6-5-13-67(68)84-61-12-8-11-60(48-61)83-56-29-39-65(40-30-56)86(75,76)63-35-25-54(26-36-63)80-52-21-17-50(18-22-52)44-46-70(3,4)72/h5-42,47-48,71-72H,1-4H3. The molecule has 0 saturated carbocycles. The predicted molar refractivity (Wildman–Crippen MR) is 328 cm³/mol. The van der Waals surface area contributed by atoms with Crippen molar-refractivity contribution in [3.63, 3.8) is 0 Å². The molecule has 0 spiro atoms. The number of ether oxygens (including phenoxy) is 6. The first-order valence-electron chi connectivity index (χ1n) is 26.8. The van der Waals surface area contributed by atoms with E-state index in [0.29, 0.717) is 68.6 Å². The van der Waals surface area contributed by atoms with Crippen molar-refractivity contribution in [2.75, 3.05) is 0 Å². The third-order valence-corrected chi connectivity index (χ3v) is 17.9. The molecule has 0 aromatic heterocycles. The van der Waals surface area contributed by atoms with Crippen LogP contribution in [0.2, 0.25) is 0 Å². The van der Waals surface area contributed by atoms with Gasteiger partial charge in [0.25, 0.3) is 0 Å². The van der Waals surface area contributed by atoms with Crippen LogP contribution in [0.5, 0.6) is 69.0 Å². The summed E-state index contributed by atoms with van der Waals surface area (Å²) in [6.07, 6.45) is 0. The molecule has 0 unspecified atom stereocenters. The minimum atomic E-state index is -4.13. The molecule has 10 aromatic rings. The van der Waals surface area contributed by atoms with Crippen LogP contribution in [0.25, 0.3) is 0 Å². The summed E-state index contributed by atoms with van der Waals surface area (Å²) in [5, 5.41) is 19.7. The fourth-order valence-electron chi connectivity index (χ4n) is 8.26. The molecule has 0 amide bonds. The molecule has 436 valence electrons. The first-order chi connectivity index (χ1) is 41.5. The van der Waals surface area contributed by atoms with E-state index in [4.69, 9.17) is 28.4 Å². The van der Waals surface area contributed by atoms with Gasteiger partial charge in [-0.2, -0.15) is 0 Å². The summed E-state index contributed by atoms with van der Waals surface area (Å²) in [7, 11) is -11.9. The maximum atomic E-state index is 14.2. The average Bonchev–Trinajstić information content (AvgIpc) is 2.91. The molecule has 2 N–H and O–H groups in total. The monoisotopic (exact) mass is 1210 g/mol. The Balaban J connectivity index is 0.724. The van der Waals surface area contributed by atoms with E-state index in [-0.39, 0.29) is 40.9 Å². The average molecular weight is 1220 g/mol. The lowest BCUT2D eigenvalue weighted by atomic mass is 10.1. The van der Waals surface area contributed by atoms with Crippen LogP contribution in [0.3, 0.4) is 0 Å². The van der Waals surface area contributed by atoms with Crippen LogP contribution in [0.15, 0.2) is 272 Å². The zero-order valence-electron chi connectivity index (χ0n) is 47.1. The Morgan fingerprint density at radius 3 is 0.839 bits per heavy atom. The summed E-state index contributed by atoms with van der Waals surface area (Å²) in [6.45, 7) is 6.41. The number of para-hydroxylation sites is 1. The van der Waals surface area contributed by atoms with Gasteiger partial charge in [-0.25, -0.2) is 25.3 Å². The van der Waals surface area contributed by atoms with Crippen molar-refractivity contribution in [1.29, 1.82) is 0 Å². The molecule has 0 heterocycles. The maximum absolute atomic E-state index is 14.2. The highest BCUT2D eigenvalue weighted by Crippen LogP contribution is 2.37. The smallest absolute Gasteiger partial charge is 0.210 e. The molecule has 0 saturated heterocycles. The molecule has 0 bridgehead atoms. The molecule has 17 heteroatoms. The quantitative estimate of drug-likeness (QED) is 0.0769. The maximum Gasteiger partial charge on any atom is 0.210 e. The normalized spacial score (nSPS) is 11.7. The number of hydrogen-bond donors (Lipinski definition) is 2. The van der Waals surface area contributed by atoms with Gasteiger partial charge in [0.2, 0.25) is 29.5 Å². The number of rotatable bonds is 18. The van der Waals surface area contributed by atoms with Gasteiger partial charge >= 0.3 is 0 Å². The van der Waals surface area contributed by atoms with E-state index in [1.165, 1.54) is 91.0 Å². The van der Waals surface area contributed by atoms with Crippen molar-refractivity contribution in [2.45, 2.75) is 68.3 Å². The molecular weight excluding hydrogens is 1160 g/mol. The zero-order chi connectivity index (χ0) is 61.4. The Morgan fingerprint density at radius 2 is 0.540 bits per heavy atom. The van der Waals surface area contributed by atoms with E-state index >= 15 is 0 Å². The zero-order valence-corrected chi connectivity index (χ0v) is 49.6. The highest BCUT2D eigenvalue weighted by Gasteiger charge is 2.24. The van der Waals surface area contributed by atoms with Gasteiger partial charge in [0, 0.05) is 23.3 Å². The van der Waals surface area contributed by atoms with Gasteiger partial charge in [0.1, 0.15) is 85.1 Å². The lowest BCUT2D eigenvalue weighted by Crippen LogP contribution is -2.14. The minimum Gasteiger partial charge on any atom is -0.457 e. The molecular formula is C70H54O14S3. The highest BCUT2D eigenvalue weighted by molar-refractivity contribution is 7.92. The van der Waals surface area contributed by atoms with Crippen molar-refractivity contribution in [3.8, 4) is 92.7 Å². The first kappa shape index (κ1) is 60.0. The Labute approximate surface area is 505 Å². The Morgan fingerprint density at radius 1 is 0.287 bits per heavy atom. The number of hydrogen-bond acceptors (Lipinski definition) is 14. The lowest BCUT2D eigenvalue weighted by Gasteiger charge is -2.14. The van der Waals surface area contributed by atoms with E-state index < -0.39 is 40.7 Å². The molecule has 0 aliphatic heterocycles. The molecule has 0 fully saturated rings. The second-order valence-corrected chi connectivity index (χ2v) is 26.4. The van der Waals surface area contributed by atoms with Crippen molar-refractivity contribution >= 4 is 29.5 Å². The summed E-state index contributed by atoms with van der Waals surface area (Å²) in [6, 6.07) is 63.5. The molecule has 0 atom stereocenters. The molecule has 10 rings (SSSR count). The summed E-state index contributed by atoms with van der Waals surface area (Å²) >= 11 is 0. The van der Waals surface area contributed by atoms with Gasteiger partial charge in [0.15, 0.2) is 0 Å². The summed E-state index contributed by atoms with van der Waals surface area (Å²) in [5.74, 6) is 15.8. The molecule has 0 aliphatic rings. The first-order valence-corrected chi connectivity index (χ1v) is 31.3. The van der Waals surface area contributed by atoms with Crippen molar-refractivity contribution in [3.05, 3.63) is 254 Å². The van der Waals surface area contributed by atoms with Gasteiger partial charge in [-0.3, -0.25) is 0 Å². The van der Waals surface area contributed by atoms with E-state index in [0.717, 1.165) is 0 Å². The van der Waals surface area contributed by atoms with Crippen LogP contribution >= 0.6 is 0 Å². The minimum absolute atomic E-state index is 0.0176. The van der Waals surface area contributed by atoms with Crippen molar-refractivity contribution in [2.24, 2.45) is 0 Å². The molecule has 0 aliphatic carbocycles. The topological polar surface area (TPSA) is 198 Å². The van der Waals surface area contributed by atoms with E-state index in [9.17, 15) is 35.5 Å². The Kier molecular flexibility index (Phi) is 17.4. The van der Waals surface area contributed by atoms with Gasteiger partial charge in [-0.15, -0.1) is 0 Å². The van der Waals surface area contributed by atoms with Gasteiger partial charge in [0.05, 0.1) is 24.5 Å². The second-order valence-electron chi connectivity index (χ2n) is 20.5. The van der Waals surface area contributed by atoms with Crippen LogP contribution in [0.4, 0.5) is 0 Å². The van der Waals surface area contributed by atoms with E-state index in [2.05, 4.69) is 23.7 Å². The Bertz CT molecular complexity index is 4570. The van der Waals surface area contributed by atoms with Gasteiger partial charge in [-0.1, -0.05) is 47.9 Å². The number of aliphatic hydroxyl groups is 2. The summed E-state index contributed by atoms with van der Waals surface area (Å²) in [4.78, 5) is 0.142. The number of sulfone groups is 3. The molecule has 87 heavy (non-hydrogen) atoms. The second kappa shape index (κ2) is 25.2. The van der Waals surface area contributed by atoms with Gasteiger partial charge in [-0.05, 0) is 234 Å². The van der Waals surface area contributed by atoms with Crippen LogP contribution in [0.1, 0.15) is 38.8 Å². The third-order valence-electron chi connectivity index (χ3n) is 12.6. The predicted octanol–water partition coefficient (Wildman–Crippen LogP) is 15.2. The van der Waals surface area contributed by atoms with Gasteiger partial charge < -0.3 is 38.6 Å². The highest BCUT2D eigenvalue weighted by atomic mass is 32.2. The third kappa shape index (κ3) is 15.6. The molecule has 14 nitrogen and oxygen atoms in total. The SMILES string of the molecule is CC(C)(O)C#Cc1ccc(Oc2ccc(S(=O)(=O)c3ccc(Oc4cccc(Oc5ccc(S(=O)(=O)c6ccccc6Oc6cccc(Oc7ccc(S(=O)(=O)c8ccc(Oc9ccc(C#CC(C)(C)O)cc9)cc8)cc7)c6)cc5)c4)cc3)cc2)cc1. The fraction of sp³-hybridized carbons (Fsp3) is 0.0857. The number of benzene rings is 10. The summed E-state index contributed by atoms with van der Waals surface area (Å²) < 4.78 is 119. The fourth-order valence-corrected chi connectivity index (χ4v) is 12.2. The molecule has 0 radical (unpaired) electrons. The van der Waals surface area contributed by atoms with Crippen LogP contribution < -0.4 is 28.4 Å². The lowest BCUT2D eigenvalue weighted by molar-refractivity contribution is 0.143. The van der Waals surface area contributed by atoms with E-state index in [1.54, 1.807) is 179 Å². The van der Waals surface area contributed by atoms with Crippen LogP contribution in [-0.2, 0) is 29.5 Å². The Hall–Kier alpha value is -10.1. The largest absolute Gasteiger partial charge is 0.457 e. The van der Waals surface area contributed by atoms with Crippen molar-refractivity contribution in [1.82, 2.24) is 0 Å². The molecule has 10 aromatic carbocycles. The summed E-state index contributed by atoms with van der Waals surface area (Å²) in [5.41, 5.74) is -0.824.